The number of alkyl halides is 2. The average Bonchev–Trinajstić information content (AvgIpc) is 3.54. The monoisotopic (exact) mass is 821 g/mol. The number of morpholine rings is 1. The first kappa shape index (κ1) is 38.0. The van der Waals surface area contributed by atoms with Crippen molar-refractivity contribution in [2.24, 2.45) is 17.8 Å². The minimum absolute atomic E-state index is 0.0750. The maximum atomic E-state index is 15.4. The molecule has 1 N–H and O–H groups in total. The standard InChI is InChI=1S/C38H30Cl2F5N3O8/c1-54-22-13-18(49)14-23(55-2)25(22)26-19-7-8-20-24(34(51)47(33(20)50)17-5-3-16(4-6-17)46-9-11-56-12-10-46)21(19)15-37(39)35(52)48(36(53)38(26,37)40)32-30(44)28(42)27(41)29(43)31(32)45/h3-7,13-14,20-21,24,26,49H,8-12,15H2,1-2H3. The molecule has 0 bridgehead atoms. The zero-order valence-corrected chi connectivity index (χ0v) is 30.9. The van der Waals surface area contributed by atoms with Crippen LogP contribution in [0, 0.1) is 46.8 Å². The Labute approximate surface area is 325 Å². The molecule has 3 aromatic rings. The van der Waals surface area contributed by atoms with Gasteiger partial charge in [0.1, 0.15) is 22.9 Å². The van der Waals surface area contributed by atoms with Crippen molar-refractivity contribution >= 4 is 63.9 Å². The summed E-state index contributed by atoms with van der Waals surface area (Å²) in [7, 11) is 2.39. The molecule has 2 aliphatic carbocycles. The van der Waals surface area contributed by atoms with Gasteiger partial charge in [-0.1, -0.05) is 11.6 Å². The van der Waals surface area contributed by atoms with E-state index in [4.69, 9.17) is 37.4 Å². The Morgan fingerprint density at radius 1 is 0.768 bits per heavy atom. The van der Waals surface area contributed by atoms with Crippen LogP contribution in [0.3, 0.4) is 0 Å². The number of nitrogens with zero attached hydrogens (tertiary/aromatic N) is 3. The normalized spacial score (nSPS) is 28.7. The molecule has 294 valence electrons. The van der Waals surface area contributed by atoms with Gasteiger partial charge in [-0.15, -0.1) is 23.2 Å². The van der Waals surface area contributed by atoms with E-state index in [-0.39, 0.29) is 45.4 Å². The summed E-state index contributed by atoms with van der Waals surface area (Å²) < 4.78 is 90.7. The van der Waals surface area contributed by atoms with Gasteiger partial charge in [0.05, 0.1) is 45.0 Å². The maximum Gasteiger partial charge on any atom is 0.258 e. The molecule has 0 spiro atoms. The fraction of sp³-hybridized carbons (Fsp3) is 0.368. The molecule has 56 heavy (non-hydrogen) atoms. The molecule has 5 aliphatic rings. The van der Waals surface area contributed by atoms with E-state index >= 15 is 8.78 Å². The van der Waals surface area contributed by atoms with E-state index in [0.717, 1.165) is 22.7 Å². The molecular weight excluding hydrogens is 792 g/mol. The molecule has 18 heteroatoms. The summed E-state index contributed by atoms with van der Waals surface area (Å²) >= 11 is 14.5. The number of ether oxygens (including phenoxy) is 3. The van der Waals surface area contributed by atoms with Crippen molar-refractivity contribution in [3.63, 3.8) is 0 Å². The number of halogens is 7. The van der Waals surface area contributed by atoms with E-state index < -0.39 is 98.2 Å². The number of phenolic OH excluding ortho intramolecular Hbond substituents is 1. The molecule has 3 aromatic carbocycles. The van der Waals surface area contributed by atoms with Gasteiger partial charge in [0.2, 0.25) is 17.6 Å². The van der Waals surface area contributed by atoms with Crippen molar-refractivity contribution in [3.05, 3.63) is 82.7 Å². The Morgan fingerprint density at radius 2 is 1.32 bits per heavy atom. The topological polar surface area (TPSA) is 126 Å². The highest BCUT2D eigenvalue weighted by Gasteiger charge is 2.77. The number of carbonyl (C=O) groups is 4. The van der Waals surface area contributed by atoms with Crippen LogP contribution in [0.15, 0.2) is 48.0 Å². The van der Waals surface area contributed by atoms with Crippen LogP contribution in [0.5, 0.6) is 17.2 Å². The molecule has 0 aromatic heterocycles. The lowest BCUT2D eigenvalue weighted by Gasteiger charge is -2.51. The first-order chi connectivity index (χ1) is 26.6. The molecule has 3 saturated heterocycles. The van der Waals surface area contributed by atoms with Crippen LogP contribution in [-0.4, -0.2) is 79.0 Å². The predicted octanol–water partition coefficient (Wildman–Crippen LogP) is 5.71. The Morgan fingerprint density at radius 3 is 1.89 bits per heavy atom. The van der Waals surface area contributed by atoms with E-state index in [1.54, 1.807) is 30.3 Å². The van der Waals surface area contributed by atoms with Crippen molar-refractivity contribution in [1.29, 1.82) is 0 Å². The van der Waals surface area contributed by atoms with Gasteiger partial charge in [0.25, 0.3) is 11.8 Å². The molecule has 3 heterocycles. The highest BCUT2D eigenvalue weighted by Crippen LogP contribution is 2.68. The van der Waals surface area contributed by atoms with E-state index in [1.807, 2.05) is 0 Å². The minimum atomic E-state index is -2.82. The average molecular weight is 823 g/mol. The molecule has 0 radical (unpaired) electrons. The highest BCUT2D eigenvalue weighted by atomic mass is 35.5. The third-order valence-electron chi connectivity index (χ3n) is 11.5. The second kappa shape index (κ2) is 13.3. The number of carbonyl (C=O) groups excluding carboxylic acids is 4. The van der Waals surface area contributed by atoms with Crippen LogP contribution >= 0.6 is 23.2 Å². The summed E-state index contributed by atoms with van der Waals surface area (Å²) in [5, 5.41) is 10.5. The van der Waals surface area contributed by atoms with Gasteiger partial charge < -0.3 is 24.2 Å². The summed E-state index contributed by atoms with van der Waals surface area (Å²) in [4.78, 5) is 55.1. The lowest BCUT2D eigenvalue weighted by atomic mass is 9.56. The Hall–Kier alpha value is -4.93. The van der Waals surface area contributed by atoms with Gasteiger partial charge in [0, 0.05) is 42.4 Å². The van der Waals surface area contributed by atoms with E-state index in [0.29, 0.717) is 26.3 Å². The number of fused-ring (bicyclic) bond motifs is 4. The van der Waals surface area contributed by atoms with E-state index in [2.05, 4.69) is 4.90 Å². The second-order valence-corrected chi connectivity index (χ2v) is 15.3. The summed E-state index contributed by atoms with van der Waals surface area (Å²) in [6.07, 6.45) is 0.788. The largest absolute Gasteiger partial charge is 0.508 e. The molecule has 6 atom stereocenters. The Bertz CT molecular complexity index is 2220. The number of benzene rings is 3. The van der Waals surface area contributed by atoms with Crippen LogP contribution in [0.4, 0.5) is 39.0 Å². The Kier molecular flexibility index (Phi) is 9.04. The van der Waals surface area contributed by atoms with Gasteiger partial charge in [-0.25, -0.2) is 26.9 Å². The van der Waals surface area contributed by atoms with Gasteiger partial charge in [-0.05, 0) is 43.0 Å². The number of anilines is 3. The molecule has 4 fully saturated rings. The van der Waals surface area contributed by atoms with Crippen molar-refractivity contribution in [2.75, 3.05) is 55.2 Å². The number of hydrogen-bond acceptors (Lipinski definition) is 9. The van der Waals surface area contributed by atoms with Crippen molar-refractivity contribution in [2.45, 2.75) is 28.5 Å². The van der Waals surface area contributed by atoms with Crippen LogP contribution in [0.2, 0.25) is 0 Å². The lowest BCUT2D eigenvalue weighted by molar-refractivity contribution is -0.125. The number of hydrogen-bond donors (Lipinski definition) is 1. The fourth-order valence-corrected chi connectivity index (χ4v) is 9.90. The summed E-state index contributed by atoms with van der Waals surface area (Å²) in [6, 6.07) is 9.02. The van der Waals surface area contributed by atoms with E-state index in [9.17, 15) is 37.5 Å². The number of aromatic hydroxyl groups is 1. The lowest BCUT2D eigenvalue weighted by Crippen LogP contribution is -2.60. The summed E-state index contributed by atoms with van der Waals surface area (Å²) in [6.45, 7) is 2.36. The van der Waals surface area contributed by atoms with Crippen LogP contribution < -0.4 is 24.2 Å². The predicted molar refractivity (Wildman–Crippen MR) is 190 cm³/mol. The molecule has 6 unspecified atom stereocenters. The molecule has 11 nitrogen and oxygen atoms in total. The maximum absolute atomic E-state index is 15.4. The number of allylic oxidation sites excluding steroid dienone is 2. The SMILES string of the molecule is COc1cc(O)cc(OC)c1C1C2=CCC3C(=O)N(c4ccc(N5CCOCC5)cc4)C(=O)C3C2CC2(Cl)C(=O)N(c3c(F)c(F)c(F)c(F)c3F)C(=O)C12Cl. The smallest absolute Gasteiger partial charge is 0.258 e. The van der Waals surface area contributed by atoms with Crippen LogP contribution in [-0.2, 0) is 23.9 Å². The van der Waals surface area contributed by atoms with Gasteiger partial charge >= 0.3 is 0 Å². The number of imide groups is 2. The minimum Gasteiger partial charge on any atom is -0.508 e. The molecular formula is C38H30Cl2F5N3O8. The number of methoxy groups -OCH3 is 2. The van der Waals surface area contributed by atoms with Crippen molar-refractivity contribution in [1.82, 2.24) is 0 Å². The molecule has 3 aliphatic heterocycles. The molecule has 4 amide bonds. The van der Waals surface area contributed by atoms with E-state index in [1.165, 1.54) is 14.2 Å². The quantitative estimate of drug-likeness (QED) is 0.0832. The van der Waals surface area contributed by atoms with Crippen LogP contribution in [0.25, 0.3) is 0 Å². The zero-order chi connectivity index (χ0) is 40.2. The van der Waals surface area contributed by atoms with Gasteiger partial charge in [-0.3, -0.25) is 24.1 Å². The third kappa shape index (κ3) is 5.03. The number of rotatable bonds is 6. The highest BCUT2D eigenvalue weighted by molar-refractivity contribution is 6.58. The van der Waals surface area contributed by atoms with Gasteiger partial charge in [0.15, 0.2) is 33.0 Å². The zero-order valence-electron chi connectivity index (χ0n) is 29.4. The first-order valence-corrected chi connectivity index (χ1v) is 18.1. The van der Waals surface area contributed by atoms with Crippen molar-refractivity contribution < 1.29 is 60.4 Å². The summed E-state index contributed by atoms with van der Waals surface area (Å²) in [5.41, 5.74) is -0.711. The summed E-state index contributed by atoms with van der Waals surface area (Å²) in [5.74, 6) is -22.7. The Balaban J connectivity index is 1.29. The fourth-order valence-electron chi connectivity index (χ4n) is 8.98. The number of phenols is 1. The molecule has 8 rings (SSSR count). The molecule has 1 saturated carbocycles. The van der Waals surface area contributed by atoms with Crippen LogP contribution in [0.1, 0.15) is 24.3 Å². The number of amides is 4. The van der Waals surface area contributed by atoms with Crippen molar-refractivity contribution in [3.8, 4) is 17.2 Å². The van der Waals surface area contributed by atoms with Gasteiger partial charge in [-0.2, -0.15) is 0 Å². The first-order valence-electron chi connectivity index (χ1n) is 17.4. The third-order valence-corrected chi connectivity index (χ3v) is 12.9. The second-order valence-electron chi connectivity index (χ2n) is 14.1.